The van der Waals surface area contributed by atoms with Crippen molar-refractivity contribution >= 4 is 0 Å². The summed E-state index contributed by atoms with van der Waals surface area (Å²) in [5, 5.41) is 0. The molecule has 0 aromatic rings. The zero-order valence-electron chi connectivity index (χ0n) is 10.7. The molecule has 2 aliphatic heterocycles. The van der Waals surface area contributed by atoms with Gasteiger partial charge in [0.1, 0.15) is 5.60 Å². The number of nitrogens with two attached hydrogens (primary N) is 1. The lowest BCUT2D eigenvalue weighted by molar-refractivity contribution is -0.124. The van der Waals surface area contributed by atoms with Gasteiger partial charge in [0.05, 0.1) is 12.7 Å². The molecule has 2 heterocycles. The summed E-state index contributed by atoms with van der Waals surface area (Å²) in [6.45, 7) is 3.78. The summed E-state index contributed by atoms with van der Waals surface area (Å²) in [7, 11) is 0. The maximum Gasteiger partial charge on any atom is 0.104 e. The Bertz CT molecular complexity index is 211. The molecule has 0 aliphatic carbocycles. The first-order valence-corrected chi connectivity index (χ1v) is 6.88. The van der Waals surface area contributed by atoms with Gasteiger partial charge in [0.15, 0.2) is 0 Å². The number of hydrogen-bond acceptors (Lipinski definition) is 4. The fourth-order valence-electron chi connectivity index (χ4n) is 2.63. The molecular weight excluding hydrogens is 218 g/mol. The summed E-state index contributed by atoms with van der Waals surface area (Å²) >= 11 is 0. The van der Waals surface area contributed by atoms with Gasteiger partial charge in [-0.05, 0) is 38.5 Å². The second-order valence-corrected chi connectivity index (χ2v) is 5.17. The monoisotopic (exact) mass is 243 g/mol. The second kappa shape index (κ2) is 6.69. The van der Waals surface area contributed by atoms with Crippen LogP contribution in [0.1, 0.15) is 38.5 Å². The minimum Gasteiger partial charge on any atom is -0.378 e. The van der Waals surface area contributed by atoms with Crippen molar-refractivity contribution in [3.05, 3.63) is 0 Å². The van der Waals surface area contributed by atoms with Crippen molar-refractivity contribution in [2.45, 2.75) is 50.2 Å². The molecule has 0 aromatic heterocycles. The highest BCUT2D eigenvalue weighted by Gasteiger charge is 2.32. The third kappa shape index (κ3) is 3.91. The van der Waals surface area contributed by atoms with Crippen molar-refractivity contribution in [1.29, 1.82) is 0 Å². The van der Waals surface area contributed by atoms with Crippen LogP contribution in [0.3, 0.4) is 0 Å². The molecule has 17 heavy (non-hydrogen) atoms. The van der Waals surface area contributed by atoms with Crippen molar-refractivity contribution in [3.8, 4) is 0 Å². The zero-order chi connectivity index (χ0) is 12.0. The van der Waals surface area contributed by atoms with E-state index in [-0.39, 0.29) is 5.60 Å². The molecule has 100 valence electrons. The smallest absolute Gasteiger partial charge is 0.104 e. The summed E-state index contributed by atoms with van der Waals surface area (Å²) in [4.78, 5) is 0. The Morgan fingerprint density at radius 3 is 2.88 bits per heavy atom. The van der Waals surface area contributed by atoms with Crippen molar-refractivity contribution in [3.63, 3.8) is 0 Å². The topological polar surface area (TPSA) is 53.7 Å². The van der Waals surface area contributed by atoms with Gasteiger partial charge in [-0.1, -0.05) is 0 Å². The predicted molar refractivity (Wildman–Crippen MR) is 66.0 cm³/mol. The SMILES string of the molecule is NCC1(OCCCC2CCCO2)CCCOC1. The standard InChI is InChI=1S/C13H25NO3/c14-10-13(6-3-7-15-11-13)17-9-2-5-12-4-1-8-16-12/h12H,1-11,14H2. The van der Waals surface area contributed by atoms with Gasteiger partial charge in [-0.25, -0.2) is 0 Å². The fraction of sp³-hybridized carbons (Fsp3) is 1.00. The van der Waals surface area contributed by atoms with E-state index in [0.717, 1.165) is 45.5 Å². The van der Waals surface area contributed by atoms with Gasteiger partial charge in [0.2, 0.25) is 0 Å². The fourth-order valence-corrected chi connectivity index (χ4v) is 2.63. The van der Waals surface area contributed by atoms with Crippen molar-refractivity contribution in [2.75, 3.05) is 33.0 Å². The van der Waals surface area contributed by atoms with E-state index in [0.29, 0.717) is 19.3 Å². The van der Waals surface area contributed by atoms with Crippen LogP contribution in [0, 0.1) is 0 Å². The molecule has 0 saturated carbocycles. The Labute approximate surface area is 104 Å². The first-order valence-electron chi connectivity index (χ1n) is 6.88. The third-order valence-electron chi connectivity index (χ3n) is 3.76. The molecular formula is C13H25NO3. The van der Waals surface area contributed by atoms with Crippen LogP contribution < -0.4 is 5.73 Å². The highest BCUT2D eigenvalue weighted by molar-refractivity contribution is 4.84. The number of rotatable bonds is 6. The normalized spacial score (nSPS) is 34.1. The van der Waals surface area contributed by atoms with Crippen LogP contribution in [0.2, 0.25) is 0 Å². The lowest BCUT2D eigenvalue weighted by Crippen LogP contribution is -2.48. The van der Waals surface area contributed by atoms with Crippen molar-refractivity contribution in [2.24, 2.45) is 5.73 Å². The highest BCUT2D eigenvalue weighted by Crippen LogP contribution is 2.23. The lowest BCUT2D eigenvalue weighted by atomic mass is 9.96. The summed E-state index contributed by atoms with van der Waals surface area (Å²) in [5.74, 6) is 0. The van der Waals surface area contributed by atoms with Crippen LogP contribution in [0.5, 0.6) is 0 Å². The zero-order valence-corrected chi connectivity index (χ0v) is 10.7. The molecule has 0 aromatic carbocycles. The molecule has 2 N–H and O–H groups in total. The maximum atomic E-state index is 5.97. The predicted octanol–water partition coefficient (Wildman–Crippen LogP) is 1.47. The molecule has 4 nitrogen and oxygen atoms in total. The van der Waals surface area contributed by atoms with E-state index in [4.69, 9.17) is 19.9 Å². The Hall–Kier alpha value is -0.160. The Morgan fingerprint density at radius 2 is 2.24 bits per heavy atom. The summed E-state index contributed by atoms with van der Waals surface area (Å²) < 4.78 is 17.0. The molecule has 2 rings (SSSR count). The molecule has 2 fully saturated rings. The van der Waals surface area contributed by atoms with Gasteiger partial charge < -0.3 is 19.9 Å². The Kier molecular flexibility index (Phi) is 5.22. The highest BCUT2D eigenvalue weighted by atomic mass is 16.5. The van der Waals surface area contributed by atoms with Crippen LogP contribution in [0.4, 0.5) is 0 Å². The minimum absolute atomic E-state index is 0.214. The van der Waals surface area contributed by atoms with Crippen LogP contribution in [-0.4, -0.2) is 44.7 Å². The second-order valence-electron chi connectivity index (χ2n) is 5.17. The van der Waals surface area contributed by atoms with Crippen LogP contribution in [-0.2, 0) is 14.2 Å². The summed E-state index contributed by atoms with van der Waals surface area (Å²) in [5.41, 5.74) is 5.60. The summed E-state index contributed by atoms with van der Waals surface area (Å²) in [6, 6.07) is 0. The van der Waals surface area contributed by atoms with Gasteiger partial charge in [-0.3, -0.25) is 0 Å². The average Bonchev–Trinajstić information content (AvgIpc) is 2.89. The Balaban J connectivity index is 1.61. The molecule has 2 unspecified atom stereocenters. The largest absolute Gasteiger partial charge is 0.378 e. The van der Waals surface area contributed by atoms with Crippen molar-refractivity contribution in [1.82, 2.24) is 0 Å². The average molecular weight is 243 g/mol. The quantitative estimate of drug-likeness (QED) is 0.718. The number of hydrogen-bond donors (Lipinski definition) is 1. The molecule has 2 saturated heterocycles. The third-order valence-corrected chi connectivity index (χ3v) is 3.76. The van der Waals surface area contributed by atoms with Gasteiger partial charge >= 0.3 is 0 Å². The van der Waals surface area contributed by atoms with Crippen LogP contribution in [0.25, 0.3) is 0 Å². The first kappa shape index (κ1) is 13.3. The van der Waals surface area contributed by atoms with Gasteiger partial charge in [0.25, 0.3) is 0 Å². The van der Waals surface area contributed by atoms with Crippen LogP contribution in [0.15, 0.2) is 0 Å². The molecule has 2 aliphatic rings. The summed E-state index contributed by atoms with van der Waals surface area (Å²) in [6.07, 6.45) is 7.16. The first-order chi connectivity index (χ1) is 8.35. The molecule has 0 radical (unpaired) electrons. The maximum absolute atomic E-state index is 5.97. The van der Waals surface area contributed by atoms with Crippen molar-refractivity contribution < 1.29 is 14.2 Å². The van der Waals surface area contributed by atoms with Gasteiger partial charge in [-0.15, -0.1) is 0 Å². The van der Waals surface area contributed by atoms with E-state index < -0.39 is 0 Å². The molecule has 2 atom stereocenters. The van der Waals surface area contributed by atoms with E-state index in [2.05, 4.69) is 0 Å². The Morgan fingerprint density at radius 1 is 1.29 bits per heavy atom. The molecule has 0 bridgehead atoms. The van der Waals surface area contributed by atoms with E-state index in [9.17, 15) is 0 Å². The molecule has 0 spiro atoms. The minimum atomic E-state index is -0.214. The van der Waals surface area contributed by atoms with E-state index >= 15 is 0 Å². The molecule has 4 heteroatoms. The lowest BCUT2D eigenvalue weighted by Gasteiger charge is -2.36. The van der Waals surface area contributed by atoms with Gasteiger partial charge in [0, 0.05) is 26.4 Å². The van der Waals surface area contributed by atoms with Crippen LogP contribution >= 0.6 is 0 Å². The molecule has 0 amide bonds. The van der Waals surface area contributed by atoms with E-state index in [1.807, 2.05) is 0 Å². The number of ether oxygens (including phenoxy) is 3. The van der Waals surface area contributed by atoms with E-state index in [1.165, 1.54) is 12.8 Å². The van der Waals surface area contributed by atoms with Gasteiger partial charge in [-0.2, -0.15) is 0 Å². The van der Waals surface area contributed by atoms with E-state index in [1.54, 1.807) is 0 Å².